The quantitative estimate of drug-likeness (QED) is 0.0502. The van der Waals surface area contributed by atoms with Crippen LogP contribution in [0, 0.1) is 6.92 Å². The largest absolute Gasteiger partial charge is 0.355 e. The molecule has 0 saturated carbocycles. The van der Waals surface area contributed by atoms with Gasteiger partial charge in [-0.1, -0.05) is 84.6 Å². The number of carbonyl (C=O) groups is 2. The predicted molar refractivity (Wildman–Crippen MR) is 251 cm³/mol. The topological polar surface area (TPSA) is 212 Å². The molecule has 3 heterocycles. The van der Waals surface area contributed by atoms with Crippen molar-refractivity contribution >= 4 is 60.3 Å². The fraction of sp³-hybridized carbons (Fsp3) is 0.422. The van der Waals surface area contributed by atoms with Crippen molar-refractivity contribution in [1.82, 2.24) is 40.2 Å². The predicted octanol–water partition coefficient (Wildman–Crippen LogP) is 5.51. The van der Waals surface area contributed by atoms with E-state index in [1.54, 1.807) is 21.9 Å². The van der Waals surface area contributed by atoms with E-state index < -0.39 is 27.8 Å². The smallest absolute Gasteiger partial charge is 0.339 e. The van der Waals surface area contributed by atoms with Gasteiger partial charge in [-0.25, -0.2) is 4.98 Å². The highest BCUT2D eigenvalue weighted by atomic mass is 35.5. The van der Waals surface area contributed by atoms with Crippen LogP contribution in [0.25, 0.3) is 32.9 Å². The van der Waals surface area contributed by atoms with Crippen LogP contribution in [0.3, 0.4) is 0 Å². The Morgan fingerprint density at radius 2 is 1.25 bits per heavy atom. The van der Waals surface area contributed by atoms with Gasteiger partial charge >= 0.3 is 15.2 Å². The number of nitrogens with zero attached hydrogens (tertiary/aromatic N) is 6. The first-order valence-electron chi connectivity index (χ1n) is 21.6. The third-order valence-electron chi connectivity index (χ3n) is 11.2. The lowest BCUT2D eigenvalue weighted by molar-refractivity contribution is -0.122. The van der Waals surface area contributed by atoms with Gasteiger partial charge in [0.2, 0.25) is 5.91 Å². The molecule has 1 aliphatic heterocycles. The summed E-state index contributed by atoms with van der Waals surface area (Å²) in [6.45, 7) is 6.06. The Morgan fingerprint density at radius 1 is 0.656 bits per heavy atom. The average Bonchev–Trinajstić information content (AvgIpc) is 3.24. The Morgan fingerprint density at radius 3 is 1.91 bits per heavy atom. The molecule has 0 radical (unpaired) electrons. The van der Waals surface area contributed by atoms with Gasteiger partial charge in [0.25, 0.3) is 5.91 Å². The second-order valence-corrected chi connectivity index (χ2v) is 20.1. The molecule has 1 saturated heterocycles. The van der Waals surface area contributed by atoms with E-state index in [0.29, 0.717) is 75.3 Å². The van der Waals surface area contributed by atoms with Crippen molar-refractivity contribution in [3.8, 4) is 11.3 Å². The van der Waals surface area contributed by atoms with Gasteiger partial charge in [-0.2, -0.15) is 0 Å². The molecule has 5 aromatic rings. The number of pyridine rings is 2. The molecular weight excluding hydrogens is 878 g/mol. The van der Waals surface area contributed by atoms with Crippen LogP contribution in [0.1, 0.15) is 47.4 Å². The van der Waals surface area contributed by atoms with E-state index in [4.69, 9.17) is 21.6 Å². The van der Waals surface area contributed by atoms with Crippen LogP contribution < -0.4 is 10.6 Å². The van der Waals surface area contributed by atoms with Crippen molar-refractivity contribution in [2.75, 3.05) is 84.6 Å². The zero-order valence-corrected chi connectivity index (χ0v) is 38.7. The summed E-state index contributed by atoms with van der Waals surface area (Å²) in [5, 5.41) is 9.31. The molecule has 1 aliphatic rings. The van der Waals surface area contributed by atoms with E-state index in [0.717, 1.165) is 64.2 Å². The lowest BCUT2D eigenvalue weighted by Crippen LogP contribution is -2.48. The number of amides is 2. The molecule has 16 nitrogen and oxygen atoms in total. The molecule has 3 aromatic carbocycles. The molecule has 2 amide bonds. The van der Waals surface area contributed by atoms with Gasteiger partial charge in [-0.15, -0.1) is 0 Å². The molecule has 1 fully saturated rings. The monoisotopic (exact) mass is 936 g/mol. The van der Waals surface area contributed by atoms with Crippen LogP contribution in [0.15, 0.2) is 84.9 Å². The van der Waals surface area contributed by atoms with Crippen LogP contribution in [-0.2, 0) is 20.5 Å². The van der Waals surface area contributed by atoms with Gasteiger partial charge in [0.15, 0.2) is 0 Å². The summed E-state index contributed by atoms with van der Waals surface area (Å²) in [6, 6.07) is 27.0. The minimum atomic E-state index is -4.41. The van der Waals surface area contributed by atoms with Crippen LogP contribution in [0.5, 0.6) is 0 Å². The molecule has 6 N–H and O–H groups in total. The van der Waals surface area contributed by atoms with Crippen molar-refractivity contribution in [3.05, 3.63) is 107 Å². The van der Waals surface area contributed by atoms with Gasteiger partial charge in [0, 0.05) is 93.4 Å². The molecular formula is C45H59ClN8O8P2. The van der Waals surface area contributed by atoms with E-state index >= 15 is 0 Å². The number of rotatable bonds is 17. The molecule has 344 valence electrons. The Bertz CT molecular complexity index is 2430. The number of benzene rings is 3. The minimum Gasteiger partial charge on any atom is -0.355 e. The number of hydrogen-bond donors (Lipinski definition) is 6. The summed E-state index contributed by atoms with van der Waals surface area (Å²) >= 11 is 6.50. The summed E-state index contributed by atoms with van der Waals surface area (Å²) in [4.78, 5) is 83.0. The van der Waals surface area contributed by atoms with E-state index in [2.05, 4.69) is 21.6 Å². The fourth-order valence-corrected chi connectivity index (χ4v) is 9.69. The van der Waals surface area contributed by atoms with Crippen LogP contribution in [0.2, 0.25) is 5.02 Å². The van der Waals surface area contributed by atoms with Crippen molar-refractivity contribution in [2.24, 2.45) is 0 Å². The summed E-state index contributed by atoms with van der Waals surface area (Å²) < 4.78 is 24.4. The molecule has 6 rings (SSSR count). The van der Waals surface area contributed by atoms with Crippen LogP contribution in [-0.4, -0.2) is 146 Å². The van der Waals surface area contributed by atoms with Crippen LogP contribution in [0.4, 0.5) is 0 Å². The Labute approximate surface area is 379 Å². The molecule has 0 bridgehead atoms. The van der Waals surface area contributed by atoms with E-state index in [9.17, 15) is 38.3 Å². The van der Waals surface area contributed by atoms with Gasteiger partial charge in [0.1, 0.15) is 18.3 Å². The van der Waals surface area contributed by atoms with E-state index in [1.807, 2.05) is 78.6 Å². The van der Waals surface area contributed by atoms with E-state index in [-0.39, 0.29) is 31.4 Å². The SMILES string of the molecule is Cc1ccc2nc(CN3CCN(CP(=O)(O)O)CCN(CC(=O)NCCCCCCNC(=O)c4cc5ccccc5c(-c5ccccc5Cl)n4)CCN(CP(=O)(O)O)CC3)ccc2c1. The maximum Gasteiger partial charge on any atom is 0.339 e. The molecule has 64 heavy (non-hydrogen) atoms. The first-order valence-corrected chi connectivity index (χ1v) is 25.6. The number of aryl methyl sites for hydroxylation is 1. The molecule has 0 aliphatic carbocycles. The summed E-state index contributed by atoms with van der Waals surface area (Å²) in [6.07, 6.45) is 2.25. The number of aromatic nitrogens is 2. The third-order valence-corrected chi connectivity index (χ3v) is 13.0. The normalized spacial score (nSPS) is 15.8. The Balaban J connectivity index is 0.976. The molecule has 19 heteroatoms. The van der Waals surface area contributed by atoms with E-state index in [1.165, 1.54) is 0 Å². The average molecular weight is 937 g/mol. The maximum atomic E-state index is 13.2. The second kappa shape index (κ2) is 23.3. The zero-order chi connectivity index (χ0) is 45.7. The molecule has 0 unspecified atom stereocenters. The summed E-state index contributed by atoms with van der Waals surface area (Å²) in [5.41, 5.74) is 4.51. The minimum absolute atomic E-state index is 0.0137. The molecule has 0 atom stereocenters. The number of carbonyl (C=O) groups excluding carboxylic acids is 2. The second-order valence-electron chi connectivity index (χ2n) is 16.5. The number of nitrogens with one attached hydrogen (secondary N) is 2. The Hall–Kier alpha value is -4.15. The van der Waals surface area contributed by atoms with Crippen molar-refractivity contribution < 1.29 is 38.3 Å². The number of halogens is 1. The first kappa shape index (κ1) is 49.3. The van der Waals surface area contributed by atoms with Crippen molar-refractivity contribution in [2.45, 2.75) is 39.2 Å². The summed E-state index contributed by atoms with van der Waals surface area (Å²) in [7, 11) is -8.81. The van der Waals surface area contributed by atoms with Crippen molar-refractivity contribution in [1.29, 1.82) is 0 Å². The van der Waals surface area contributed by atoms with Gasteiger partial charge in [0.05, 0.1) is 23.4 Å². The highest BCUT2D eigenvalue weighted by Crippen LogP contribution is 2.36. The maximum absolute atomic E-state index is 13.2. The number of fused-ring (bicyclic) bond motifs is 2. The molecule has 2 aromatic heterocycles. The van der Waals surface area contributed by atoms with Gasteiger partial charge < -0.3 is 30.2 Å². The Kier molecular flexibility index (Phi) is 18.0. The lowest BCUT2D eigenvalue weighted by atomic mass is 10.0. The van der Waals surface area contributed by atoms with Gasteiger partial charge in [-0.3, -0.25) is 43.3 Å². The fourth-order valence-electron chi connectivity index (χ4n) is 7.86. The number of hydrogen-bond acceptors (Lipinski definition) is 10. The standard InChI is InChI=1S/C45H59ClN8O8P2/c1-34-14-17-41-36(28-34)15-16-37(49-41)30-51-20-24-53(32-63(57,58)59)26-22-52(23-27-54(25-21-51)33-64(60,61)62)31-43(55)47-18-8-2-3-9-19-48-45(56)42-29-35-10-4-5-11-38(35)44(50-42)39-12-6-7-13-40(39)46/h4-7,10-17,28-29H,2-3,8-9,18-27,30-33H2,1H3,(H,47,55)(H,48,56)(H2,57,58,59)(H2,60,61,62). The highest BCUT2D eigenvalue weighted by Gasteiger charge is 2.25. The lowest BCUT2D eigenvalue weighted by Gasteiger charge is -2.34. The van der Waals surface area contributed by atoms with Crippen LogP contribution >= 0.6 is 26.8 Å². The molecule has 0 spiro atoms. The highest BCUT2D eigenvalue weighted by molar-refractivity contribution is 7.51. The number of unbranched alkanes of at least 4 members (excludes halogenated alkanes) is 3. The summed E-state index contributed by atoms with van der Waals surface area (Å²) in [5.74, 6) is -0.486. The third kappa shape index (κ3) is 15.8. The zero-order valence-electron chi connectivity index (χ0n) is 36.2. The first-order chi connectivity index (χ1) is 30.6. The van der Waals surface area contributed by atoms with Crippen molar-refractivity contribution in [3.63, 3.8) is 0 Å². The van der Waals surface area contributed by atoms with Gasteiger partial charge in [-0.05, 0) is 55.5 Å².